The summed E-state index contributed by atoms with van der Waals surface area (Å²) >= 11 is 0. The molecular formula is C12H8N4O8. The predicted octanol–water partition coefficient (Wildman–Crippen LogP) is -3.45. The Labute approximate surface area is 130 Å². The number of H-pyrrole nitrogens is 2. The second-order valence-electron chi connectivity index (χ2n) is 4.04. The Morgan fingerprint density at radius 1 is 0.750 bits per heavy atom. The van der Waals surface area contributed by atoms with Gasteiger partial charge in [-0.25, -0.2) is 19.8 Å². The topological polar surface area (TPSA) is 162 Å². The Balaban J connectivity index is 2.04. The lowest BCUT2D eigenvalue weighted by molar-refractivity contribution is -0.143. The normalized spacial score (nSPS) is 10.5. The fourth-order valence-electron chi connectivity index (χ4n) is 1.33. The van der Waals surface area contributed by atoms with Crippen LogP contribution in [0.3, 0.4) is 0 Å². The van der Waals surface area contributed by atoms with Crippen LogP contribution in [0.2, 0.25) is 0 Å². The van der Waals surface area contributed by atoms with Crippen molar-refractivity contribution in [1.82, 2.24) is 19.9 Å². The lowest BCUT2D eigenvalue weighted by Gasteiger charge is -2.02. The fraction of sp³-hybridized carbons (Fsp3) is 0. The summed E-state index contributed by atoms with van der Waals surface area (Å²) in [6, 6.07) is 3.58. The van der Waals surface area contributed by atoms with Crippen LogP contribution in [0.15, 0.2) is 55.6 Å². The third kappa shape index (κ3) is 4.27. The molecule has 0 saturated heterocycles. The van der Waals surface area contributed by atoms with E-state index in [0.717, 1.165) is 24.3 Å². The highest BCUT2D eigenvalue weighted by molar-refractivity contribution is 5.91. The molecule has 2 aromatic heterocycles. The summed E-state index contributed by atoms with van der Waals surface area (Å²) in [4.78, 5) is 76.9. The van der Waals surface area contributed by atoms with Crippen LogP contribution >= 0.6 is 0 Å². The molecule has 2 rings (SSSR count). The molecule has 0 saturated carbocycles. The maximum Gasteiger partial charge on any atom is 0.358 e. The molecule has 2 aromatic rings. The molecule has 2 heterocycles. The highest BCUT2D eigenvalue weighted by Gasteiger charge is 2.06. The molecule has 0 spiro atoms. The van der Waals surface area contributed by atoms with Crippen molar-refractivity contribution in [2.24, 2.45) is 0 Å². The number of rotatable bonds is 4. The summed E-state index contributed by atoms with van der Waals surface area (Å²) < 4.78 is 0. The van der Waals surface area contributed by atoms with Crippen molar-refractivity contribution >= 4 is 11.9 Å². The van der Waals surface area contributed by atoms with Gasteiger partial charge in [0.15, 0.2) is 0 Å². The Morgan fingerprint density at radius 3 is 1.50 bits per heavy atom. The number of carbonyl (C=O) groups is 2. The van der Waals surface area contributed by atoms with Crippen molar-refractivity contribution in [3.05, 3.63) is 77.8 Å². The van der Waals surface area contributed by atoms with Gasteiger partial charge in [-0.15, -0.1) is 0 Å². The van der Waals surface area contributed by atoms with Gasteiger partial charge < -0.3 is 9.68 Å². The maximum absolute atomic E-state index is 11.4. The highest BCUT2D eigenvalue weighted by atomic mass is 16.7. The van der Waals surface area contributed by atoms with Crippen LogP contribution in [-0.4, -0.2) is 31.8 Å². The van der Waals surface area contributed by atoms with Gasteiger partial charge in [-0.05, 0) is 0 Å². The standard InChI is InChI=1S/C12H8N4O8/c17-7-1-3-9(19)15(13-7)23-11(21)5-6-12(22)24-16-10(20)4-2-8(18)14-16/h1-6H,(H,13,17)(H,14,18). The van der Waals surface area contributed by atoms with Gasteiger partial charge in [-0.3, -0.25) is 19.2 Å². The number of aromatic amines is 2. The molecule has 2 N–H and O–H groups in total. The molecule has 12 heteroatoms. The first kappa shape index (κ1) is 16.4. The lowest BCUT2D eigenvalue weighted by Crippen LogP contribution is -2.36. The van der Waals surface area contributed by atoms with Crippen molar-refractivity contribution in [3.63, 3.8) is 0 Å². The van der Waals surface area contributed by atoms with Crippen molar-refractivity contribution in [3.8, 4) is 0 Å². The summed E-state index contributed by atoms with van der Waals surface area (Å²) in [6.07, 6.45) is 1.15. The first-order valence-electron chi connectivity index (χ1n) is 6.12. The van der Waals surface area contributed by atoms with Gasteiger partial charge in [-0.2, -0.15) is 0 Å². The predicted molar refractivity (Wildman–Crippen MR) is 75.0 cm³/mol. The van der Waals surface area contributed by atoms with Crippen LogP contribution in [0.1, 0.15) is 0 Å². The minimum absolute atomic E-state index is 0.263. The van der Waals surface area contributed by atoms with Crippen molar-refractivity contribution in [2.75, 3.05) is 0 Å². The molecule has 0 atom stereocenters. The first-order valence-corrected chi connectivity index (χ1v) is 6.12. The highest BCUT2D eigenvalue weighted by Crippen LogP contribution is 1.79. The third-order valence-electron chi connectivity index (χ3n) is 2.30. The molecule has 0 fully saturated rings. The average molecular weight is 336 g/mol. The van der Waals surface area contributed by atoms with E-state index < -0.39 is 34.2 Å². The first-order chi connectivity index (χ1) is 11.3. The zero-order chi connectivity index (χ0) is 17.7. The molecule has 12 nitrogen and oxygen atoms in total. The van der Waals surface area contributed by atoms with Crippen LogP contribution in [-0.2, 0) is 9.59 Å². The van der Waals surface area contributed by atoms with Gasteiger partial charge in [0.05, 0.1) is 0 Å². The molecule has 24 heavy (non-hydrogen) atoms. The zero-order valence-corrected chi connectivity index (χ0v) is 11.6. The van der Waals surface area contributed by atoms with E-state index in [2.05, 4.69) is 9.68 Å². The Bertz CT molecular complexity index is 954. The van der Waals surface area contributed by atoms with Gasteiger partial charge in [0.1, 0.15) is 0 Å². The van der Waals surface area contributed by atoms with E-state index in [1.165, 1.54) is 0 Å². The summed E-state index contributed by atoms with van der Waals surface area (Å²) in [6.45, 7) is 0. The van der Waals surface area contributed by atoms with E-state index in [-0.39, 0.29) is 9.69 Å². The Morgan fingerprint density at radius 2 is 1.12 bits per heavy atom. The van der Waals surface area contributed by atoms with Crippen molar-refractivity contribution in [2.45, 2.75) is 0 Å². The Hall–Kier alpha value is -3.96. The quantitative estimate of drug-likeness (QED) is 0.545. The van der Waals surface area contributed by atoms with Crippen LogP contribution in [0.5, 0.6) is 0 Å². The minimum atomic E-state index is -1.19. The van der Waals surface area contributed by atoms with E-state index in [0.29, 0.717) is 12.2 Å². The molecule has 0 amide bonds. The van der Waals surface area contributed by atoms with Crippen LogP contribution in [0.25, 0.3) is 0 Å². The molecule has 124 valence electrons. The van der Waals surface area contributed by atoms with E-state index >= 15 is 0 Å². The number of hydrogen-bond donors (Lipinski definition) is 2. The van der Waals surface area contributed by atoms with Crippen LogP contribution in [0.4, 0.5) is 0 Å². The summed E-state index contributed by atoms with van der Waals surface area (Å²) in [5, 5.41) is 3.84. The number of nitrogens with one attached hydrogen (secondary N) is 2. The largest absolute Gasteiger partial charge is 0.358 e. The van der Waals surface area contributed by atoms with Crippen molar-refractivity contribution in [1.29, 1.82) is 0 Å². The summed E-state index contributed by atoms with van der Waals surface area (Å²) in [7, 11) is 0. The Kier molecular flexibility index (Phi) is 4.70. The monoisotopic (exact) mass is 336 g/mol. The summed E-state index contributed by atoms with van der Waals surface area (Å²) in [5.41, 5.74) is -3.05. The maximum atomic E-state index is 11.4. The van der Waals surface area contributed by atoms with E-state index in [9.17, 15) is 28.8 Å². The minimum Gasteiger partial charge on any atom is -0.313 e. The second-order valence-corrected chi connectivity index (χ2v) is 4.04. The number of hydrogen-bond acceptors (Lipinski definition) is 8. The van der Waals surface area contributed by atoms with Gasteiger partial charge >= 0.3 is 23.1 Å². The molecule has 0 unspecified atom stereocenters. The van der Waals surface area contributed by atoms with E-state index in [1.807, 2.05) is 10.2 Å². The smallest absolute Gasteiger partial charge is 0.313 e. The SMILES string of the molecule is O=C(C=CC(=O)On1[nH]c(=O)ccc1=O)On1[nH]c(=O)ccc1=O. The van der Waals surface area contributed by atoms with Gasteiger partial charge in [0.2, 0.25) is 0 Å². The number of nitrogens with zero attached hydrogens (tertiary/aromatic N) is 2. The van der Waals surface area contributed by atoms with Gasteiger partial charge in [-0.1, -0.05) is 9.69 Å². The molecular weight excluding hydrogens is 328 g/mol. The summed E-state index contributed by atoms with van der Waals surface area (Å²) in [5.74, 6) is -2.38. The zero-order valence-electron chi connectivity index (χ0n) is 11.6. The molecule has 0 aliphatic carbocycles. The van der Waals surface area contributed by atoms with Gasteiger partial charge in [0.25, 0.3) is 11.1 Å². The third-order valence-corrected chi connectivity index (χ3v) is 2.30. The second kappa shape index (κ2) is 6.87. The van der Waals surface area contributed by atoms with E-state index in [4.69, 9.17) is 0 Å². The number of aromatic nitrogens is 4. The molecule has 0 aliphatic rings. The number of carbonyl (C=O) groups excluding carboxylic acids is 2. The van der Waals surface area contributed by atoms with Crippen LogP contribution < -0.4 is 31.9 Å². The van der Waals surface area contributed by atoms with Gasteiger partial charge in [0, 0.05) is 36.4 Å². The molecule has 0 aromatic carbocycles. The molecule has 0 radical (unpaired) electrons. The van der Waals surface area contributed by atoms with Crippen molar-refractivity contribution < 1.29 is 19.3 Å². The van der Waals surface area contributed by atoms with E-state index in [1.54, 1.807) is 0 Å². The molecule has 0 bridgehead atoms. The fourth-order valence-corrected chi connectivity index (χ4v) is 1.33. The average Bonchev–Trinajstić information content (AvgIpc) is 2.52. The van der Waals surface area contributed by atoms with Crippen LogP contribution in [0, 0.1) is 0 Å². The lowest BCUT2D eigenvalue weighted by atomic mass is 10.5. The molecule has 0 aliphatic heterocycles.